The molecule has 0 aromatic heterocycles. The molecular formula is C27H22N3P. The molecule has 2 heterocycles. The van der Waals surface area contributed by atoms with Crippen molar-refractivity contribution in [2.24, 2.45) is 0 Å². The molecule has 0 fully saturated rings. The number of hydrogen-bond donors (Lipinski definition) is 1. The van der Waals surface area contributed by atoms with Crippen molar-refractivity contribution in [3.05, 3.63) is 102 Å². The standard InChI is InChI=1S/C27H22N3P/c1-29-22-9-6-10-23-27(22)26(21-14-12-19(31-28)16-25(21)30(23)2)20-13-11-18(15-24(20)29)17-7-4-3-5-8-17/h3-16,26,28H,1-2H3. The highest BCUT2D eigenvalue weighted by Crippen LogP contribution is 2.56. The van der Waals surface area contributed by atoms with Crippen LogP contribution in [0.25, 0.3) is 11.1 Å². The summed E-state index contributed by atoms with van der Waals surface area (Å²) in [4.78, 5) is 4.63. The summed E-state index contributed by atoms with van der Waals surface area (Å²) < 4.78 is 0. The third-order valence-electron chi connectivity index (χ3n) is 6.70. The van der Waals surface area contributed by atoms with Gasteiger partial charge in [0.05, 0.1) is 0 Å². The highest BCUT2D eigenvalue weighted by Gasteiger charge is 2.38. The van der Waals surface area contributed by atoms with Crippen LogP contribution in [0.5, 0.6) is 0 Å². The highest BCUT2D eigenvalue weighted by molar-refractivity contribution is 7.35. The van der Waals surface area contributed by atoms with Crippen LogP contribution in [0.2, 0.25) is 0 Å². The lowest BCUT2D eigenvalue weighted by Crippen LogP contribution is -2.29. The van der Waals surface area contributed by atoms with E-state index in [0.29, 0.717) is 8.37 Å². The predicted octanol–water partition coefficient (Wildman–Crippen LogP) is 7.03. The minimum Gasteiger partial charge on any atom is -0.344 e. The van der Waals surface area contributed by atoms with Crippen molar-refractivity contribution in [1.82, 2.24) is 0 Å². The van der Waals surface area contributed by atoms with Crippen molar-refractivity contribution in [2.45, 2.75) is 5.92 Å². The van der Waals surface area contributed by atoms with E-state index in [1.807, 2.05) is 0 Å². The first-order valence-corrected chi connectivity index (χ1v) is 11.4. The Labute approximate surface area is 184 Å². The maximum Gasteiger partial charge on any atom is 0.0471 e. The molecule has 31 heavy (non-hydrogen) atoms. The molecule has 3 nitrogen and oxygen atoms in total. The molecule has 0 spiro atoms. The van der Waals surface area contributed by atoms with Crippen molar-refractivity contribution >= 4 is 36.4 Å². The molecular weight excluding hydrogens is 397 g/mol. The van der Waals surface area contributed by atoms with Gasteiger partial charge in [-0.3, -0.25) is 5.16 Å². The Bertz CT molecular complexity index is 1350. The maximum absolute atomic E-state index is 7.81. The Kier molecular flexibility index (Phi) is 4.03. The number of rotatable bonds is 2. The molecule has 0 saturated heterocycles. The fourth-order valence-electron chi connectivity index (χ4n) is 5.18. The fourth-order valence-corrected chi connectivity index (χ4v) is 5.52. The van der Waals surface area contributed by atoms with Crippen molar-refractivity contribution in [3.8, 4) is 11.1 Å². The van der Waals surface area contributed by atoms with E-state index in [0.717, 1.165) is 5.30 Å². The first-order valence-electron chi connectivity index (χ1n) is 10.5. The van der Waals surface area contributed by atoms with Gasteiger partial charge in [-0.15, -0.1) is 0 Å². The van der Waals surface area contributed by atoms with Crippen LogP contribution in [-0.4, -0.2) is 14.1 Å². The Hall–Kier alpha value is -3.42. The number of benzene rings is 4. The van der Waals surface area contributed by atoms with Gasteiger partial charge in [0.25, 0.3) is 0 Å². The zero-order valence-corrected chi connectivity index (χ0v) is 18.4. The molecule has 6 rings (SSSR count). The van der Waals surface area contributed by atoms with Crippen molar-refractivity contribution in [2.75, 3.05) is 23.9 Å². The summed E-state index contributed by atoms with van der Waals surface area (Å²) in [5.41, 5.74) is 11.5. The number of anilines is 4. The van der Waals surface area contributed by atoms with Crippen LogP contribution in [-0.2, 0) is 0 Å². The average molecular weight is 419 g/mol. The molecule has 1 unspecified atom stereocenters. The quantitative estimate of drug-likeness (QED) is 0.354. The SMILES string of the molecule is CN1c2cc(P=N)ccc2C2c3ccc(-c4ccccc4)cc3N(C)c3cccc1c32. The molecule has 0 bridgehead atoms. The Morgan fingerprint density at radius 1 is 0.645 bits per heavy atom. The van der Waals surface area contributed by atoms with E-state index in [-0.39, 0.29) is 5.92 Å². The van der Waals surface area contributed by atoms with Crippen molar-refractivity contribution in [1.29, 1.82) is 5.16 Å². The van der Waals surface area contributed by atoms with Crippen LogP contribution in [0.4, 0.5) is 22.7 Å². The molecule has 4 aromatic carbocycles. The molecule has 0 amide bonds. The number of fused-ring (bicyclic) bond motifs is 4. The third-order valence-corrected chi connectivity index (χ3v) is 7.23. The molecule has 2 aliphatic rings. The van der Waals surface area contributed by atoms with Crippen molar-refractivity contribution in [3.63, 3.8) is 0 Å². The lowest BCUT2D eigenvalue weighted by Gasteiger charge is -2.43. The van der Waals surface area contributed by atoms with Gasteiger partial charge in [0.15, 0.2) is 0 Å². The second kappa shape index (κ2) is 6.80. The maximum atomic E-state index is 7.81. The van der Waals surface area contributed by atoms with Crippen LogP contribution in [0.3, 0.4) is 0 Å². The van der Waals surface area contributed by atoms with Crippen molar-refractivity contribution < 1.29 is 0 Å². The normalized spacial score (nSPS) is 16.0. The molecule has 0 aliphatic carbocycles. The molecule has 4 heteroatoms. The molecule has 0 radical (unpaired) electrons. The summed E-state index contributed by atoms with van der Waals surface area (Å²) in [5.74, 6) is 0.199. The lowest BCUT2D eigenvalue weighted by molar-refractivity contribution is 0.891. The molecule has 1 N–H and O–H groups in total. The van der Waals surface area contributed by atoms with Crippen LogP contribution in [0.1, 0.15) is 22.6 Å². The monoisotopic (exact) mass is 419 g/mol. The van der Waals surface area contributed by atoms with E-state index in [2.05, 4.69) is 109 Å². The van der Waals surface area contributed by atoms with Crippen LogP contribution < -0.4 is 15.1 Å². The van der Waals surface area contributed by atoms with Gasteiger partial charge < -0.3 is 9.80 Å². The second-order valence-corrected chi connectivity index (χ2v) is 9.00. The summed E-state index contributed by atoms with van der Waals surface area (Å²) in [6, 6.07) is 30.6. The van der Waals surface area contributed by atoms with Crippen LogP contribution in [0.15, 0.2) is 84.9 Å². The van der Waals surface area contributed by atoms with Gasteiger partial charge in [-0.05, 0) is 52.6 Å². The Morgan fingerprint density at radius 3 is 1.97 bits per heavy atom. The van der Waals surface area contributed by atoms with Gasteiger partial charge in [-0.2, -0.15) is 0 Å². The summed E-state index contributed by atoms with van der Waals surface area (Å²) in [5, 5.41) is 8.83. The third kappa shape index (κ3) is 2.60. The zero-order valence-electron chi connectivity index (χ0n) is 17.5. The van der Waals surface area contributed by atoms with E-state index < -0.39 is 0 Å². The van der Waals surface area contributed by atoms with Gasteiger partial charge >= 0.3 is 0 Å². The average Bonchev–Trinajstić information content (AvgIpc) is 2.83. The summed E-state index contributed by atoms with van der Waals surface area (Å²) >= 11 is 0. The molecule has 2 aliphatic heterocycles. The van der Waals surface area contributed by atoms with E-state index in [1.165, 1.54) is 50.6 Å². The minimum atomic E-state index is 0.199. The van der Waals surface area contributed by atoms with E-state index in [9.17, 15) is 0 Å². The van der Waals surface area contributed by atoms with Gasteiger partial charge in [0.1, 0.15) is 0 Å². The smallest absolute Gasteiger partial charge is 0.0471 e. The van der Waals surface area contributed by atoms with Gasteiger partial charge in [0, 0.05) is 62.0 Å². The van der Waals surface area contributed by atoms with Gasteiger partial charge in [0.2, 0.25) is 0 Å². The number of nitrogens with zero attached hydrogens (tertiary/aromatic N) is 2. The van der Waals surface area contributed by atoms with E-state index in [1.54, 1.807) is 0 Å². The second-order valence-electron chi connectivity index (χ2n) is 8.26. The summed E-state index contributed by atoms with van der Waals surface area (Å²) in [7, 11) is 4.87. The Balaban J connectivity index is 1.62. The number of nitrogens with one attached hydrogen (secondary N) is 1. The zero-order chi connectivity index (χ0) is 21.1. The molecule has 150 valence electrons. The highest BCUT2D eigenvalue weighted by atomic mass is 31.1. The van der Waals surface area contributed by atoms with Gasteiger partial charge in [-0.1, -0.05) is 54.6 Å². The molecule has 0 saturated carbocycles. The fraction of sp³-hybridized carbons (Fsp3) is 0.111. The van der Waals surface area contributed by atoms with E-state index >= 15 is 0 Å². The predicted molar refractivity (Wildman–Crippen MR) is 131 cm³/mol. The van der Waals surface area contributed by atoms with Gasteiger partial charge in [-0.25, -0.2) is 0 Å². The van der Waals surface area contributed by atoms with E-state index in [4.69, 9.17) is 5.16 Å². The first kappa shape index (κ1) is 18.4. The van der Waals surface area contributed by atoms with Crippen LogP contribution in [0, 0.1) is 5.16 Å². The lowest BCUT2D eigenvalue weighted by atomic mass is 9.76. The summed E-state index contributed by atoms with van der Waals surface area (Å²) in [6.45, 7) is 0. The van der Waals surface area contributed by atoms with Crippen LogP contribution >= 0.6 is 8.37 Å². The number of hydrogen-bond acceptors (Lipinski definition) is 3. The first-order chi connectivity index (χ1) is 15.2. The topological polar surface area (TPSA) is 30.3 Å². The largest absolute Gasteiger partial charge is 0.344 e. The summed E-state index contributed by atoms with van der Waals surface area (Å²) in [6.07, 6.45) is 0. The molecule has 4 aromatic rings. The Morgan fingerprint density at radius 2 is 1.29 bits per heavy atom. The minimum absolute atomic E-state index is 0.199. The molecule has 1 atom stereocenters.